The van der Waals surface area contributed by atoms with Gasteiger partial charge in [0.05, 0.1) is 54.4 Å². The zero-order chi connectivity index (χ0) is 38.1. The largest absolute Gasteiger partial charge is 0.379 e. The summed E-state index contributed by atoms with van der Waals surface area (Å²) in [4.78, 5) is 0. The molecule has 0 aliphatic carbocycles. The molecule has 0 radical (unpaired) electrons. The standard InChI is InChI=1S/C11H24O3.C8H18O.C7H15ClO.C7H16O.C5H11ClO/c1-5-6-12-7-8-13-9-10-14-11(2,3)4;1-5-6-7-9-8(2,3)4;1-7(2,3)9-6-4-5-8;1-5-6-8-7(2,3)4;1-5(2,3)7-4-6/h5-10H2,1-4H3;5-7H2,1-4H3;4-6H2,1-3H3;5-6H2,1-4H3;4H2,1-3H3. The average molecular weight is 724 g/mol. The van der Waals surface area contributed by atoms with Gasteiger partial charge in [-0.1, -0.05) is 38.8 Å². The number of hydrogen-bond acceptors (Lipinski definition) is 7. The zero-order valence-electron chi connectivity index (χ0n) is 34.7. The Morgan fingerprint density at radius 3 is 0.936 bits per heavy atom. The second kappa shape index (κ2) is 34.7. The lowest BCUT2D eigenvalue weighted by Crippen LogP contribution is -2.22. The summed E-state index contributed by atoms with van der Waals surface area (Å²) < 4.78 is 37.3. The third-order valence-electron chi connectivity index (χ3n) is 4.56. The fraction of sp³-hybridized carbons (Fsp3) is 1.00. The van der Waals surface area contributed by atoms with Crippen molar-refractivity contribution in [2.45, 2.75) is 185 Å². The maximum Gasteiger partial charge on any atom is 0.121 e. The fourth-order valence-electron chi connectivity index (χ4n) is 2.40. The van der Waals surface area contributed by atoms with Gasteiger partial charge in [-0.3, -0.25) is 0 Å². The third-order valence-corrected chi connectivity index (χ3v) is 4.93. The summed E-state index contributed by atoms with van der Waals surface area (Å²) in [5.41, 5.74) is -0.0545. The van der Waals surface area contributed by atoms with Crippen molar-refractivity contribution in [1.82, 2.24) is 0 Å². The molecule has 0 rings (SSSR count). The first kappa shape index (κ1) is 56.7. The van der Waals surface area contributed by atoms with Gasteiger partial charge in [-0.2, -0.15) is 0 Å². The van der Waals surface area contributed by atoms with Crippen molar-refractivity contribution in [2.24, 2.45) is 0 Å². The lowest BCUT2D eigenvalue weighted by molar-refractivity contribution is -0.0424. The smallest absolute Gasteiger partial charge is 0.121 e. The van der Waals surface area contributed by atoms with E-state index in [4.69, 9.17) is 56.4 Å². The van der Waals surface area contributed by atoms with E-state index in [1.54, 1.807) is 0 Å². The van der Waals surface area contributed by atoms with Gasteiger partial charge >= 0.3 is 0 Å². The van der Waals surface area contributed by atoms with Crippen LogP contribution < -0.4 is 0 Å². The molecule has 0 atom stereocenters. The molecule has 0 aliphatic rings. The summed E-state index contributed by atoms with van der Waals surface area (Å²) in [7, 11) is 0. The first-order valence-electron chi connectivity index (χ1n) is 17.8. The Hall–Kier alpha value is 0.300. The molecule has 0 saturated heterocycles. The maximum atomic E-state index is 5.49. The number of unbranched alkanes of at least 4 members (excludes halogenated alkanes) is 1. The van der Waals surface area contributed by atoms with Crippen LogP contribution in [0.3, 0.4) is 0 Å². The number of ether oxygens (including phenoxy) is 7. The van der Waals surface area contributed by atoms with Gasteiger partial charge in [-0.05, 0) is 130 Å². The van der Waals surface area contributed by atoms with Crippen LogP contribution in [0, 0.1) is 0 Å². The SMILES string of the molecule is CC(C)(C)OCCCCl.CC(C)(C)OCCl.CCCCOC(C)(C)C.CCCOC(C)(C)C.CCCOCCOCCOC(C)(C)C. The van der Waals surface area contributed by atoms with Crippen LogP contribution >= 0.6 is 23.2 Å². The van der Waals surface area contributed by atoms with Crippen molar-refractivity contribution in [3.8, 4) is 0 Å². The Bertz CT molecular complexity index is 565. The minimum absolute atomic E-state index is 0.00788. The van der Waals surface area contributed by atoms with Gasteiger partial charge in [0.1, 0.15) is 6.07 Å². The van der Waals surface area contributed by atoms with Gasteiger partial charge in [0.25, 0.3) is 0 Å². The highest BCUT2D eigenvalue weighted by atomic mass is 35.5. The highest BCUT2D eigenvalue weighted by molar-refractivity contribution is 6.17. The topological polar surface area (TPSA) is 64.6 Å². The first-order chi connectivity index (χ1) is 21.3. The van der Waals surface area contributed by atoms with Crippen molar-refractivity contribution < 1.29 is 33.2 Å². The van der Waals surface area contributed by atoms with Crippen LogP contribution in [0.4, 0.5) is 0 Å². The van der Waals surface area contributed by atoms with Gasteiger partial charge in [0, 0.05) is 32.3 Å². The summed E-state index contributed by atoms with van der Waals surface area (Å²) in [6, 6.07) is 0.281. The molecule has 0 amide bonds. The molecule has 47 heavy (non-hydrogen) atoms. The van der Waals surface area contributed by atoms with Crippen LogP contribution in [0.25, 0.3) is 0 Å². The molecule has 7 nitrogen and oxygen atoms in total. The Balaban J connectivity index is -0.000000160. The van der Waals surface area contributed by atoms with Gasteiger partial charge in [-0.15, -0.1) is 11.6 Å². The summed E-state index contributed by atoms with van der Waals surface area (Å²) in [6.07, 6.45) is 5.51. The van der Waals surface area contributed by atoms with Crippen LogP contribution in [0.15, 0.2) is 0 Å². The first-order valence-corrected chi connectivity index (χ1v) is 18.8. The average Bonchev–Trinajstić information content (AvgIpc) is 2.88. The Labute approximate surface area is 305 Å². The number of hydrogen-bond donors (Lipinski definition) is 0. The highest BCUT2D eigenvalue weighted by Gasteiger charge is 2.10. The van der Waals surface area contributed by atoms with Crippen LogP contribution in [-0.2, 0) is 33.2 Å². The van der Waals surface area contributed by atoms with E-state index in [1.807, 2.05) is 62.3 Å². The molecule has 0 heterocycles. The van der Waals surface area contributed by atoms with E-state index in [0.717, 1.165) is 45.7 Å². The van der Waals surface area contributed by atoms with Gasteiger partial charge in [-0.25, -0.2) is 0 Å². The summed E-state index contributed by atoms with van der Waals surface area (Å²) >= 11 is 10.7. The molecule has 0 aliphatic heterocycles. The van der Waals surface area contributed by atoms with Crippen molar-refractivity contribution in [1.29, 1.82) is 0 Å². The Kier molecular flexibility index (Phi) is 41.9. The quantitative estimate of drug-likeness (QED) is 0.109. The lowest BCUT2D eigenvalue weighted by atomic mass is 10.2. The lowest BCUT2D eigenvalue weighted by Gasteiger charge is -2.19. The van der Waals surface area contributed by atoms with Gasteiger partial charge in [0.15, 0.2) is 0 Å². The number of alkyl halides is 2. The number of halogens is 2. The minimum atomic E-state index is -0.0816. The minimum Gasteiger partial charge on any atom is -0.379 e. The zero-order valence-corrected chi connectivity index (χ0v) is 36.2. The molecule has 0 spiro atoms. The van der Waals surface area contributed by atoms with Crippen molar-refractivity contribution in [3.05, 3.63) is 0 Å². The molecule has 0 aromatic carbocycles. The summed E-state index contributed by atoms with van der Waals surface area (Å²) in [5.74, 6) is 0.691. The highest BCUT2D eigenvalue weighted by Crippen LogP contribution is 2.09. The molecule has 9 heteroatoms. The van der Waals surface area contributed by atoms with Crippen LogP contribution in [0.2, 0.25) is 0 Å². The van der Waals surface area contributed by atoms with Gasteiger partial charge in [0.2, 0.25) is 0 Å². The molecule has 0 fully saturated rings. The molecule has 0 saturated carbocycles. The molecule has 0 unspecified atom stereocenters. The van der Waals surface area contributed by atoms with Crippen LogP contribution in [-0.4, -0.2) is 92.8 Å². The monoisotopic (exact) mass is 723 g/mol. The Morgan fingerprint density at radius 1 is 0.340 bits per heavy atom. The van der Waals surface area contributed by atoms with Crippen molar-refractivity contribution in [3.63, 3.8) is 0 Å². The molecule has 0 aromatic rings. The van der Waals surface area contributed by atoms with Crippen molar-refractivity contribution >= 4 is 23.2 Å². The van der Waals surface area contributed by atoms with E-state index >= 15 is 0 Å². The summed E-state index contributed by atoms with van der Waals surface area (Å²) in [5, 5.41) is 0. The molecule has 0 N–H and O–H groups in total. The van der Waals surface area contributed by atoms with Crippen LogP contribution in [0.1, 0.15) is 157 Å². The predicted octanol–water partition coefficient (Wildman–Crippen LogP) is 11.5. The molecular weight excluding hydrogens is 639 g/mol. The second-order valence-corrected chi connectivity index (χ2v) is 16.4. The normalized spacial score (nSPS) is 12.0. The molecular formula is C38H84Cl2O7. The molecule has 292 valence electrons. The van der Waals surface area contributed by atoms with E-state index in [2.05, 4.69) is 62.3 Å². The maximum absolute atomic E-state index is 5.49. The fourth-order valence-corrected chi connectivity index (χ4v) is 2.84. The second-order valence-electron chi connectivity index (χ2n) is 15.8. The van der Waals surface area contributed by atoms with E-state index in [9.17, 15) is 0 Å². The third kappa shape index (κ3) is 87.1. The Morgan fingerprint density at radius 2 is 0.660 bits per heavy atom. The van der Waals surface area contributed by atoms with E-state index < -0.39 is 0 Å². The van der Waals surface area contributed by atoms with E-state index in [-0.39, 0.29) is 34.1 Å². The van der Waals surface area contributed by atoms with Gasteiger partial charge < -0.3 is 33.2 Å². The molecule has 0 bridgehead atoms. The molecule has 0 aromatic heterocycles. The summed E-state index contributed by atoms with van der Waals surface area (Å²) in [6.45, 7) is 43.0. The van der Waals surface area contributed by atoms with E-state index in [0.29, 0.717) is 32.3 Å². The van der Waals surface area contributed by atoms with Crippen molar-refractivity contribution in [2.75, 3.05) is 64.8 Å². The number of rotatable bonds is 17. The van der Waals surface area contributed by atoms with Crippen LogP contribution in [0.5, 0.6) is 0 Å². The van der Waals surface area contributed by atoms with E-state index in [1.165, 1.54) is 12.8 Å². The predicted molar refractivity (Wildman–Crippen MR) is 207 cm³/mol.